The Hall–Kier alpha value is -2.49. The lowest BCUT2D eigenvalue weighted by molar-refractivity contribution is 0.625. The zero-order valence-electron chi connectivity index (χ0n) is 12.2. The molecule has 1 unspecified atom stereocenters. The lowest BCUT2D eigenvalue weighted by atomic mass is 9.96. The number of hydrogen-bond donors (Lipinski definition) is 1. The van der Waals surface area contributed by atoms with Crippen LogP contribution in [0.25, 0.3) is 5.57 Å². The van der Waals surface area contributed by atoms with E-state index >= 15 is 0 Å². The standard InChI is InChI=1S/C18H16F2N2/c1-2-17-16(12-5-3-7-14(19)9-12)11-21-18(22-17)13-6-4-8-15(20)10-13/h3-11,17H,2H2,1H3,(H,21,22). The molecule has 22 heavy (non-hydrogen) atoms. The predicted octanol–water partition coefficient (Wildman–Crippen LogP) is 4.13. The van der Waals surface area contributed by atoms with E-state index in [2.05, 4.69) is 10.3 Å². The summed E-state index contributed by atoms with van der Waals surface area (Å²) in [5, 5.41) is 3.31. The van der Waals surface area contributed by atoms with Crippen molar-refractivity contribution in [2.75, 3.05) is 0 Å². The Bertz CT molecular complexity index is 750. The van der Waals surface area contributed by atoms with Gasteiger partial charge >= 0.3 is 0 Å². The summed E-state index contributed by atoms with van der Waals surface area (Å²) in [6.45, 7) is 2.04. The minimum Gasteiger partial charge on any atom is -0.363 e. The lowest BCUT2D eigenvalue weighted by Gasteiger charge is -2.26. The second-order valence-electron chi connectivity index (χ2n) is 5.19. The van der Waals surface area contributed by atoms with Crippen molar-refractivity contribution in [3.63, 3.8) is 0 Å². The fourth-order valence-corrected chi connectivity index (χ4v) is 2.56. The Labute approximate surface area is 128 Å². The Morgan fingerprint density at radius 2 is 1.64 bits per heavy atom. The largest absolute Gasteiger partial charge is 0.363 e. The van der Waals surface area contributed by atoms with E-state index in [1.165, 1.54) is 24.3 Å². The first-order chi connectivity index (χ1) is 10.7. The fourth-order valence-electron chi connectivity index (χ4n) is 2.56. The van der Waals surface area contributed by atoms with Crippen LogP contribution in [0, 0.1) is 11.6 Å². The molecule has 2 aromatic rings. The zero-order valence-corrected chi connectivity index (χ0v) is 12.2. The molecule has 112 valence electrons. The van der Waals surface area contributed by atoms with Gasteiger partial charge in [-0.1, -0.05) is 31.2 Å². The molecule has 1 heterocycles. The van der Waals surface area contributed by atoms with Crippen LogP contribution in [0.1, 0.15) is 24.5 Å². The van der Waals surface area contributed by atoms with Gasteiger partial charge in [0.1, 0.15) is 17.5 Å². The van der Waals surface area contributed by atoms with Gasteiger partial charge in [-0.25, -0.2) is 13.8 Å². The third kappa shape index (κ3) is 2.91. The van der Waals surface area contributed by atoms with Crippen LogP contribution in [0.5, 0.6) is 0 Å². The molecule has 1 aliphatic rings. The van der Waals surface area contributed by atoms with Crippen molar-refractivity contribution in [3.8, 4) is 0 Å². The maximum absolute atomic E-state index is 13.4. The van der Waals surface area contributed by atoms with Gasteiger partial charge in [-0.05, 0) is 41.8 Å². The molecule has 0 fully saturated rings. The van der Waals surface area contributed by atoms with Crippen molar-refractivity contribution >= 4 is 11.4 Å². The van der Waals surface area contributed by atoms with Crippen LogP contribution in [-0.4, -0.2) is 11.9 Å². The van der Waals surface area contributed by atoms with Gasteiger partial charge in [0, 0.05) is 11.8 Å². The molecule has 0 bridgehead atoms. The Morgan fingerprint density at radius 3 is 2.27 bits per heavy atom. The lowest BCUT2D eigenvalue weighted by Crippen LogP contribution is -2.38. The minimum atomic E-state index is -0.296. The molecule has 1 atom stereocenters. The summed E-state index contributed by atoms with van der Waals surface area (Å²) in [5.74, 6) is 0.0645. The van der Waals surface area contributed by atoms with E-state index < -0.39 is 0 Å². The molecular formula is C18H16F2N2. The predicted molar refractivity (Wildman–Crippen MR) is 84.5 cm³/mol. The molecule has 3 rings (SSSR count). The fraction of sp³-hybridized carbons (Fsp3) is 0.167. The average molecular weight is 298 g/mol. The molecule has 0 spiro atoms. The molecule has 2 nitrogen and oxygen atoms in total. The van der Waals surface area contributed by atoms with E-state index in [0.29, 0.717) is 11.4 Å². The summed E-state index contributed by atoms with van der Waals surface area (Å²) >= 11 is 0. The molecule has 0 saturated heterocycles. The summed E-state index contributed by atoms with van der Waals surface area (Å²) in [7, 11) is 0. The second kappa shape index (κ2) is 6.10. The van der Waals surface area contributed by atoms with E-state index in [4.69, 9.17) is 0 Å². The molecular weight excluding hydrogens is 282 g/mol. The van der Waals surface area contributed by atoms with E-state index in [0.717, 1.165) is 17.6 Å². The number of hydrogen-bond acceptors (Lipinski definition) is 2. The van der Waals surface area contributed by atoms with Crippen LogP contribution in [0.2, 0.25) is 0 Å². The third-order valence-corrected chi connectivity index (χ3v) is 3.68. The van der Waals surface area contributed by atoms with Crippen molar-refractivity contribution < 1.29 is 8.78 Å². The Kier molecular flexibility index (Phi) is 4.00. The molecule has 0 saturated carbocycles. The number of rotatable bonds is 3. The van der Waals surface area contributed by atoms with Gasteiger partial charge in [-0.3, -0.25) is 0 Å². The molecule has 1 N–H and O–H groups in total. The highest BCUT2D eigenvalue weighted by molar-refractivity contribution is 6.02. The minimum absolute atomic E-state index is 0.0116. The van der Waals surface area contributed by atoms with E-state index in [-0.39, 0.29) is 17.7 Å². The maximum atomic E-state index is 13.4. The third-order valence-electron chi connectivity index (χ3n) is 3.68. The Balaban J connectivity index is 1.98. The molecule has 0 radical (unpaired) electrons. The highest BCUT2D eigenvalue weighted by Gasteiger charge is 2.20. The van der Waals surface area contributed by atoms with E-state index in [1.807, 2.05) is 19.1 Å². The topological polar surface area (TPSA) is 24.4 Å². The number of benzene rings is 2. The van der Waals surface area contributed by atoms with Crippen LogP contribution in [0.4, 0.5) is 8.78 Å². The smallest absolute Gasteiger partial charge is 0.133 e. The summed E-state index contributed by atoms with van der Waals surface area (Å²) < 4.78 is 26.8. The van der Waals surface area contributed by atoms with Crippen molar-refractivity contribution in [2.24, 2.45) is 4.99 Å². The van der Waals surface area contributed by atoms with Crippen LogP contribution < -0.4 is 5.32 Å². The highest BCUT2D eigenvalue weighted by Crippen LogP contribution is 2.24. The molecule has 0 aliphatic carbocycles. The highest BCUT2D eigenvalue weighted by atomic mass is 19.1. The number of nitrogens with zero attached hydrogens (tertiary/aromatic N) is 1. The summed E-state index contributed by atoms with van der Waals surface area (Å²) in [6.07, 6.45) is 2.55. The number of amidine groups is 1. The number of nitrogens with one attached hydrogen (secondary N) is 1. The molecule has 0 aromatic heterocycles. The van der Waals surface area contributed by atoms with E-state index in [9.17, 15) is 8.78 Å². The SMILES string of the molecule is CCC1NC(c2cccc(F)c2)=NC=C1c1cccc(F)c1. The van der Waals surface area contributed by atoms with Crippen molar-refractivity contribution in [1.29, 1.82) is 0 Å². The number of aliphatic imine (C=N–C) groups is 1. The second-order valence-corrected chi connectivity index (χ2v) is 5.19. The van der Waals surface area contributed by atoms with Crippen LogP contribution in [0.3, 0.4) is 0 Å². The van der Waals surface area contributed by atoms with Crippen molar-refractivity contribution in [1.82, 2.24) is 5.32 Å². The number of halogens is 2. The van der Waals surface area contributed by atoms with Crippen LogP contribution >= 0.6 is 0 Å². The first kappa shape index (κ1) is 14.4. The summed E-state index contributed by atoms with van der Waals surface area (Å²) in [6, 6.07) is 12.8. The van der Waals surface area contributed by atoms with Crippen LogP contribution in [0.15, 0.2) is 59.7 Å². The van der Waals surface area contributed by atoms with Gasteiger partial charge in [0.25, 0.3) is 0 Å². The van der Waals surface area contributed by atoms with Gasteiger partial charge in [0.2, 0.25) is 0 Å². The van der Waals surface area contributed by atoms with Crippen LogP contribution in [-0.2, 0) is 0 Å². The summed E-state index contributed by atoms with van der Waals surface area (Å²) in [4.78, 5) is 4.38. The monoisotopic (exact) mass is 298 g/mol. The van der Waals surface area contributed by atoms with Gasteiger partial charge < -0.3 is 5.32 Å². The van der Waals surface area contributed by atoms with Gasteiger partial charge in [-0.2, -0.15) is 0 Å². The maximum Gasteiger partial charge on any atom is 0.133 e. The van der Waals surface area contributed by atoms with Crippen molar-refractivity contribution in [3.05, 3.63) is 77.5 Å². The molecule has 0 amide bonds. The summed E-state index contributed by atoms with van der Waals surface area (Å²) in [5.41, 5.74) is 2.44. The first-order valence-corrected chi connectivity index (χ1v) is 7.23. The normalized spacial score (nSPS) is 17.5. The zero-order chi connectivity index (χ0) is 15.5. The van der Waals surface area contributed by atoms with Gasteiger partial charge in [-0.15, -0.1) is 0 Å². The van der Waals surface area contributed by atoms with E-state index in [1.54, 1.807) is 18.3 Å². The first-order valence-electron chi connectivity index (χ1n) is 7.23. The Morgan fingerprint density at radius 1 is 1.00 bits per heavy atom. The van der Waals surface area contributed by atoms with Gasteiger partial charge in [0.05, 0.1) is 6.04 Å². The quantitative estimate of drug-likeness (QED) is 0.905. The average Bonchev–Trinajstić information content (AvgIpc) is 2.54. The molecule has 2 aromatic carbocycles. The van der Waals surface area contributed by atoms with Gasteiger partial charge in [0.15, 0.2) is 0 Å². The van der Waals surface area contributed by atoms with Crippen molar-refractivity contribution in [2.45, 2.75) is 19.4 Å². The molecule has 1 aliphatic heterocycles. The molecule has 4 heteroatoms.